The molecule has 1 heterocycles. The van der Waals surface area contributed by atoms with E-state index in [2.05, 4.69) is 34.1 Å². The monoisotopic (exact) mass is 290 g/mol. The van der Waals surface area contributed by atoms with Gasteiger partial charge in [0.05, 0.1) is 10.6 Å². The molecule has 0 spiro atoms. The molecule has 7 heteroatoms. The lowest BCUT2D eigenvalue weighted by molar-refractivity contribution is -0.383. The second kappa shape index (κ2) is 5.31. The van der Waals surface area contributed by atoms with Crippen LogP contribution in [0.1, 0.15) is 33.1 Å². The number of nitrogens with zero attached hydrogens (tertiary/aromatic N) is 3. The summed E-state index contributed by atoms with van der Waals surface area (Å²) in [6.07, 6.45) is 3.37. The Morgan fingerprint density at radius 2 is 2.00 bits per heavy atom. The molecule has 7 nitrogen and oxygen atoms in total. The third-order valence-electron chi connectivity index (χ3n) is 4.55. The minimum absolute atomic E-state index is 0.0811. The number of rotatable bonds is 3. The molecule has 1 aliphatic carbocycles. The van der Waals surface area contributed by atoms with Crippen molar-refractivity contribution in [1.82, 2.24) is 10.3 Å². The van der Waals surface area contributed by atoms with Crippen LogP contribution in [0.15, 0.2) is 16.8 Å². The molecule has 3 atom stereocenters. The van der Waals surface area contributed by atoms with E-state index in [-0.39, 0.29) is 11.2 Å². The number of anilines is 1. The quantitative estimate of drug-likeness (QED) is 0.688. The maximum atomic E-state index is 11.0. The highest BCUT2D eigenvalue weighted by Crippen LogP contribution is 2.34. The highest BCUT2D eigenvalue weighted by molar-refractivity contribution is 5.93. The molecule has 1 aromatic heterocycles. The summed E-state index contributed by atoms with van der Waals surface area (Å²) in [5, 5.41) is 21.9. The third-order valence-corrected chi connectivity index (χ3v) is 4.55. The van der Waals surface area contributed by atoms with Crippen molar-refractivity contribution in [2.24, 2.45) is 11.8 Å². The van der Waals surface area contributed by atoms with Gasteiger partial charge in [0.1, 0.15) is 0 Å². The normalized spacial score (nSPS) is 25.9. The summed E-state index contributed by atoms with van der Waals surface area (Å²) >= 11 is 0. The Kier molecular flexibility index (Phi) is 3.48. The average Bonchev–Trinajstić information content (AvgIpc) is 2.92. The average molecular weight is 290 g/mol. The van der Waals surface area contributed by atoms with E-state index in [1.807, 2.05) is 0 Å². The summed E-state index contributed by atoms with van der Waals surface area (Å²) in [7, 11) is 0. The van der Waals surface area contributed by atoms with Gasteiger partial charge in [-0.3, -0.25) is 10.1 Å². The number of nitro benzene ring substituents is 1. The van der Waals surface area contributed by atoms with E-state index in [4.69, 9.17) is 0 Å². The predicted molar refractivity (Wildman–Crippen MR) is 78.0 cm³/mol. The Morgan fingerprint density at radius 3 is 2.71 bits per heavy atom. The minimum Gasteiger partial charge on any atom is -0.380 e. The molecule has 1 N–H and O–H groups in total. The highest BCUT2D eigenvalue weighted by Gasteiger charge is 2.26. The summed E-state index contributed by atoms with van der Waals surface area (Å²) in [6, 6.07) is 3.49. The first kappa shape index (κ1) is 13.8. The number of hydrogen-bond donors (Lipinski definition) is 1. The van der Waals surface area contributed by atoms with E-state index < -0.39 is 4.92 Å². The van der Waals surface area contributed by atoms with Crippen LogP contribution in [0.2, 0.25) is 0 Å². The van der Waals surface area contributed by atoms with Crippen LogP contribution in [-0.4, -0.2) is 21.3 Å². The number of hydrogen-bond acceptors (Lipinski definition) is 6. The molecule has 21 heavy (non-hydrogen) atoms. The van der Waals surface area contributed by atoms with E-state index in [0.29, 0.717) is 17.5 Å². The van der Waals surface area contributed by atoms with Crippen LogP contribution in [0.25, 0.3) is 11.0 Å². The van der Waals surface area contributed by atoms with Gasteiger partial charge in [0.25, 0.3) is 0 Å². The van der Waals surface area contributed by atoms with Gasteiger partial charge < -0.3 is 5.32 Å². The number of aromatic nitrogens is 2. The van der Waals surface area contributed by atoms with Crippen LogP contribution in [0.4, 0.5) is 11.4 Å². The fourth-order valence-corrected chi connectivity index (χ4v) is 3.02. The first-order valence-electron chi connectivity index (χ1n) is 7.22. The second-order valence-electron chi connectivity index (χ2n) is 5.96. The molecule has 0 radical (unpaired) electrons. The second-order valence-corrected chi connectivity index (χ2v) is 5.96. The van der Waals surface area contributed by atoms with Crippen molar-refractivity contribution in [3.63, 3.8) is 0 Å². The van der Waals surface area contributed by atoms with E-state index in [9.17, 15) is 10.1 Å². The standard InChI is InChI=1S/C14H18N4O3/c1-8-3-4-10(7-9(8)2)15-11-5-6-12(18(19)20)14-13(11)16-21-17-14/h5-6,8-10,15H,3-4,7H2,1-2H3. The smallest absolute Gasteiger partial charge is 0.300 e. The zero-order valence-corrected chi connectivity index (χ0v) is 12.1. The van der Waals surface area contributed by atoms with Crippen molar-refractivity contribution >= 4 is 22.4 Å². The number of benzene rings is 1. The van der Waals surface area contributed by atoms with Crippen molar-refractivity contribution in [2.45, 2.75) is 39.2 Å². The van der Waals surface area contributed by atoms with Gasteiger partial charge in [-0.1, -0.05) is 13.8 Å². The SMILES string of the molecule is CC1CCC(Nc2ccc([N+](=O)[O-])c3nonc23)CC1C. The molecule has 1 saturated carbocycles. The van der Waals surface area contributed by atoms with Gasteiger partial charge in [0.2, 0.25) is 5.52 Å². The van der Waals surface area contributed by atoms with Gasteiger partial charge in [-0.2, -0.15) is 0 Å². The largest absolute Gasteiger partial charge is 0.380 e. The van der Waals surface area contributed by atoms with Crippen LogP contribution >= 0.6 is 0 Å². The summed E-state index contributed by atoms with van der Waals surface area (Å²) < 4.78 is 4.68. The van der Waals surface area contributed by atoms with Crippen molar-refractivity contribution in [3.8, 4) is 0 Å². The predicted octanol–water partition coefficient (Wildman–Crippen LogP) is 3.37. The van der Waals surface area contributed by atoms with Gasteiger partial charge in [0.15, 0.2) is 5.52 Å². The summed E-state index contributed by atoms with van der Waals surface area (Å²) in [5.74, 6) is 1.41. The van der Waals surface area contributed by atoms with E-state index in [1.165, 1.54) is 12.5 Å². The van der Waals surface area contributed by atoms with Crippen molar-refractivity contribution in [1.29, 1.82) is 0 Å². The molecule has 0 saturated heterocycles. The lowest BCUT2D eigenvalue weighted by atomic mass is 9.79. The van der Waals surface area contributed by atoms with Crippen LogP contribution in [-0.2, 0) is 0 Å². The number of non-ortho nitro benzene ring substituents is 1. The zero-order chi connectivity index (χ0) is 15.0. The first-order chi connectivity index (χ1) is 10.1. The lowest BCUT2D eigenvalue weighted by Crippen LogP contribution is -2.30. The van der Waals surface area contributed by atoms with E-state index in [0.717, 1.165) is 24.4 Å². The minimum atomic E-state index is -0.472. The lowest BCUT2D eigenvalue weighted by Gasteiger charge is -2.33. The molecule has 0 aliphatic heterocycles. The molecule has 3 rings (SSSR count). The van der Waals surface area contributed by atoms with Crippen molar-refractivity contribution in [3.05, 3.63) is 22.2 Å². The Labute approximate surface area is 121 Å². The van der Waals surface area contributed by atoms with E-state index in [1.54, 1.807) is 6.07 Å². The van der Waals surface area contributed by atoms with Crippen LogP contribution < -0.4 is 5.32 Å². The molecule has 1 aromatic carbocycles. The van der Waals surface area contributed by atoms with Crippen molar-refractivity contribution < 1.29 is 9.55 Å². The fourth-order valence-electron chi connectivity index (χ4n) is 3.02. The summed E-state index contributed by atoms with van der Waals surface area (Å²) in [4.78, 5) is 10.5. The topological polar surface area (TPSA) is 94.1 Å². The molecular weight excluding hydrogens is 272 g/mol. The van der Waals surface area contributed by atoms with Gasteiger partial charge in [0, 0.05) is 12.1 Å². The number of fused-ring (bicyclic) bond motifs is 1. The molecular formula is C14H18N4O3. The first-order valence-corrected chi connectivity index (χ1v) is 7.22. The van der Waals surface area contributed by atoms with Gasteiger partial charge in [-0.15, -0.1) is 0 Å². The number of nitro groups is 1. The summed E-state index contributed by atoms with van der Waals surface area (Å²) in [6.45, 7) is 4.55. The molecule has 3 unspecified atom stereocenters. The Bertz CT molecular complexity index is 669. The van der Waals surface area contributed by atoms with Gasteiger partial charge >= 0.3 is 5.69 Å². The van der Waals surface area contributed by atoms with E-state index >= 15 is 0 Å². The Morgan fingerprint density at radius 1 is 1.24 bits per heavy atom. The maximum Gasteiger partial charge on any atom is 0.300 e. The number of nitrogens with one attached hydrogen (secondary N) is 1. The highest BCUT2D eigenvalue weighted by atomic mass is 16.6. The molecule has 0 amide bonds. The Hall–Kier alpha value is -2.18. The van der Waals surface area contributed by atoms with Crippen LogP contribution in [0.5, 0.6) is 0 Å². The van der Waals surface area contributed by atoms with Crippen molar-refractivity contribution in [2.75, 3.05) is 5.32 Å². The molecule has 2 aromatic rings. The molecule has 1 aliphatic rings. The molecule has 112 valence electrons. The zero-order valence-electron chi connectivity index (χ0n) is 12.1. The molecule has 1 fully saturated rings. The van der Waals surface area contributed by atoms with Gasteiger partial charge in [-0.05, 0) is 47.5 Å². The third kappa shape index (κ3) is 2.55. The molecule has 0 bridgehead atoms. The summed E-state index contributed by atoms with van der Waals surface area (Å²) in [5.41, 5.74) is 1.30. The van der Waals surface area contributed by atoms with Crippen LogP contribution in [0, 0.1) is 22.0 Å². The maximum absolute atomic E-state index is 11.0. The van der Waals surface area contributed by atoms with Crippen LogP contribution in [0.3, 0.4) is 0 Å². The fraction of sp³-hybridized carbons (Fsp3) is 0.571. The Balaban J connectivity index is 1.87. The van der Waals surface area contributed by atoms with Gasteiger partial charge in [-0.25, -0.2) is 4.63 Å².